The van der Waals surface area contributed by atoms with Crippen molar-refractivity contribution >= 4 is 57.2 Å². The first-order valence-electron chi connectivity index (χ1n) is 9.99. The maximum absolute atomic E-state index is 11.9. The number of likely N-dealkylation sites (N-methyl/N-ethyl adjacent to an activating group) is 1. The van der Waals surface area contributed by atoms with Crippen LogP contribution < -0.4 is 10.6 Å². The number of nitrogens with zero attached hydrogens (tertiary/aromatic N) is 2. The van der Waals surface area contributed by atoms with Crippen LogP contribution in [0.1, 0.15) is 51.4 Å². The maximum Gasteiger partial charge on any atom is 0.159 e. The lowest BCUT2D eigenvalue weighted by Gasteiger charge is -2.19. The van der Waals surface area contributed by atoms with Crippen LogP contribution in [0, 0.1) is 0 Å². The fourth-order valence-corrected chi connectivity index (χ4v) is 4.59. The van der Waals surface area contributed by atoms with Crippen molar-refractivity contribution in [2.24, 2.45) is 0 Å². The number of carbonyl (C=O) groups is 2. The normalized spacial score (nSPS) is 14.2. The van der Waals surface area contributed by atoms with Gasteiger partial charge in [-0.3, -0.25) is 9.59 Å². The highest BCUT2D eigenvalue weighted by molar-refractivity contribution is 14.1. The zero-order chi connectivity index (χ0) is 20.8. The standard InChI is InChI=1S/C23H31IN2O2/c1-6-20-21-14-18(17(5)28)9-10-22(21)26(12-11-25(7-2)8-3)23(20)15-19(24)13-16(4)27/h6,9-10,14-15,19H,7-8,11-13H2,1-5H3/b20-6-,23-15+. The van der Waals surface area contributed by atoms with Crippen LogP contribution in [0.4, 0.5) is 0 Å². The molecule has 152 valence electrons. The molecule has 1 atom stereocenters. The lowest BCUT2D eigenvalue weighted by Crippen LogP contribution is -2.34. The SMILES string of the molecule is C/C=c1\c(=C/C(I)CC(C)=O)n(CCN(CC)CC)c2ccc(C(C)=O)cc12. The van der Waals surface area contributed by atoms with Gasteiger partial charge in [-0.05, 0) is 58.1 Å². The van der Waals surface area contributed by atoms with Gasteiger partial charge in [-0.1, -0.05) is 42.5 Å². The van der Waals surface area contributed by atoms with E-state index in [1.54, 1.807) is 13.8 Å². The number of halogens is 1. The quantitative estimate of drug-likeness (QED) is 0.304. The Hall–Kier alpha value is -1.47. The Kier molecular flexibility index (Phi) is 8.43. The smallest absolute Gasteiger partial charge is 0.159 e. The molecule has 4 nitrogen and oxygen atoms in total. The third-order valence-corrected chi connectivity index (χ3v) is 5.99. The Morgan fingerprint density at radius 3 is 2.43 bits per heavy atom. The van der Waals surface area contributed by atoms with E-state index in [1.165, 1.54) is 0 Å². The molecule has 1 unspecified atom stereocenters. The van der Waals surface area contributed by atoms with Crippen LogP contribution in [0.2, 0.25) is 0 Å². The van der Waals surface area contributed by atoms with E-state index < -0.39 is 0 Å². The number of ketones is 2. The van der Waals surface area contributed by atoms with Gasteiger partial charge in [-0.25, -0.2) is 0 Å². The van der Waals surface area contributed by atoms with Crippen molar-refractivity contribution in [3.63, 3.8) is 0 Å². The zero-order valence-electron chi connectivity index (χ0n) is 17.6. The van der Waals surface area contributed by atoms with Crippen LogP contribution >= 0.6 is 22.6 Å². The van der Waals surface area contributed by atoms with Crippen molar-refractivity contribution < 1.29 is 9.59 Å². The summed E-state index contributed by atoms with van der Waals surface area (Å²) in [6, 6.07) is 5.98. The van der Waals surface area contributed by atoms with Crippen molar-refractivity contribution in [1.29, 1.82) is 0 Å². The second kappa shape index (κ2) is 10.3. The lowest BCUT2D eigenvalue weighted by atomic mass is 10.1. The first-order valence-corrected chi connectivity index (χ1v) is 11.2. The summed E-state index contributed by atoms with van der Waals surface area (Å²) in [6.07, 6.45) is 4.84. The van der Waals surface area contributed by atoms with Gasteiger partial charge in [-0.2, -0.15) is 0 Å². The molecular formula is C23H31IN2O2. The highest BCUT2D eigenvalue weighted by atomic mass is 127. The van der Waals surface area contributed by atoms with Gasteiger partial charge in [0.1, 0.15) is 5.78 Å². The van der Waals surface area contributed by atoms with E-state index in [-0.39, 0.29) is 15.5 Å². The molecule has 0 N–H and O–H groups in total. The molecule has 0 aliphatic rings. The fraction of sp³-hybridized carbons (Fsp3) is 0.478. The average molecular weight is 494 g/mol. The number of hydrogen-bond acceptors (Lipinski definition) is 3. The van der Waals surface area contributed by atoms with E-state index in [0.29, 0.717) is 6.42 Å². The molecule has 0 amide bonds. The van der Waals surface area contributed by atoms with E-state index in [0.717, 1.165) is 53.2 Å². The molecule has 2 rings (SSSR count). The molecule has 5 heteroatoms. The topological polar surface area (TPSA) is 42.3 Å². The van der Waals surface area contributed by atoms with Gasteiger partial charge in [0.25, 0.3) is 0 Å². The van der Waals surface area contributed by atoms with Crippen LogP contribution in [0.5, 0.6) is 0 Å². The van der Waals surface area contributed by atoms with Crippen molar-refractivity contribution in [2.75, 3.05) is 19.6 Å². The Bertz CT molecular complexity index is 971. The summed E-state index contributed by atoms with van der Waals surface area (Å²) in [5, 5.41) is 3.39. The number of aromatic nitrogens is 1. The van der Waals surface area contributed by atoms with Crippen molar-refractivity contribution in [3.8, 4) is 0 Å². The van der Waals surface area contributed by atoms with Crippen molar-refractivity contribution in [1.82, 2.24) is 9.47 Å². The molecule has 2 aromatic rings. The van der Waals surface area contributed by atoms with Crippen LogP contribution in [0.25, 0.3) is 23.1 Å². The van der Waals surface area contributed by atoms with Crippen molar-refractivity contribution in [2.45, 2.75) is 51.5 Å². The number of alkyl halides is 1. The van der Waals surface area contributed by atoms with E-state index in [9.17, 15) is 9.59 Å². The average Bonchev–Trinajstić information content (AvgIpc) is 2.93. The monoisotopic (exact) mass is 494 g/mol. The van der Waals surface area contributed by atoms with E-state index in [2.05, 4.69) is 64.1 Å². The minimum atomic E-state index is 0.0775. The Labute approximate surface area is 181 Å². The molecule has 0 bridgehead atoms. The summed E-state index contributed by atoms with van der Waals surface area (Å²) in [7, 11) is 0. The number of carbonyl (C=O) groups excluding carboxylic acids is 2. The summed E-state index contributed by atoms with van der Waals surface area (Å²) in [6.45, 7) is 13.5. The molecule has 0 aliphatic carbocycles. The molecule has 1 heterocycles. The predicted octanol–water partition coefficient (Wildman–Crippen LogP) is 3.55. The summed E-state index contributed by atoms with van der Waals surface area (Å²) >= 11 is 2.34. The third-order valence-electron chi connectivity index (χ3n) is 5.19. The van der Waals surface area contributed by atoms with Crippen molar-refractivity contribution in [3.05, 3.63) is 34.3 Å². The van der Waals surface area contributed by atoms with E-state index in [1.807, 2.05) is 19.1 Å². The van der Waals surface area contributed by atoms with Gasteiger partial charge in [0.05, 0.1) is 0 Å². The molecule has 1 aromatic carbocycles. The number of rotatable bonds is 9. The molecular weight excluding hydrogens is 463 g/mol. The summed E-state index contributed by atoms with van der Waals surface area (Å²) < 4.78 is 2.48. The second-order valence-corrected chi connectivity index (χ2v) is 8.74. The maximum atomic E-state index is 11.9. The van der Waals surface area contributed by atoms with Crippen LogP contribution in [0.3, 0.4) is 0 Å². The Morgan fingerprint density at radius 1 is 1.21 bits per heavy atom. The third kappa shape index (κ3) is 5.32. The minimum Gasteiger partial charge on any atom is -0.339 e. The molecule has 0 fully saturated rings. The first kappa shape index (κ1) is 22.8. The molecule has 28 heavy (non-hydrogen) atoms. The number of fused-ring (bicyclic) bond motifs is 1. The van der Waals surface area contributed by atoms with Gasteiger partial charge >= 0.3 is 0 Å². The van der Waals surface area contributed by atoms with Crippen LogP contribution in [-0.4, -0.2) is 44.6 Å². The highest BCUT2D eigenvalue weighted by Gasteiger charge is 2.13. The summed E-state index contributed by atoms with van der Waals surface area (Å²) in [4.78, 5) is 25.9. The van der Waals surface area contributed by atoms with Gasteiger partial charge < -0.3 is 9.47 Å². The molecule has 0 radical (unpaired) electrons. The molecule has 0 aliphatic heterocycles. The van der Waals surface area contributed by atoms with Gasteiger partial charge in [0.15, 0.2) is 5.78 Å². The van der Waals surface area contributed by atoms with Gasteiger partial charge in [0, 0.05) is 50.5 Å². The van der Waals surface area contributed by atoms with E-state index >= 15 is 0 Å². The number of Topliss-reactive ketones (excluding diaryl/α,β-unsaturated/α-hetero) is 2. The molecule has 1 aromatic heterocycles. The number of hydrogen-bond donors (Lipinski definition) is 0. The van der Waals surface area contributed by atoms with Gasteiger partial charge in [0.2, 0.25) is 0 Å². The van der Waals surface area contributed by atoms with E-state index in [4.69, 9.17) is 0 Å². The highest BCUT2D eigenvalue weighted by Crippen LogP contribution is 2.14. The Morgan fingerprint density at radius 2 is 1.89 bits per heavy atom. The number of benzene rings is 1. The Balaban J connectivity index is 2.71. The van der Waals surface area contributed by atoms with Gasteiger partial charge in [-0.15, -0.1) is 0 Å². The first-order chi connectivity index (χ1) is 13.3. The zero-order valence-corrected chi connectivity index (χ0v) is 19.7. The fourth-order valence-electron chi connectivity index (χ4n) is 3.63. The largest absolute Gasteiger partial charge is 0.339 e. The molecule has 0 saturated heterocycles. The second-order valence-electron chi connectivity index (χ2n) is 7.14. The predicted molar refractivity (Wildman–Crippen MR) is 127 cm³/mol. The molecule has 0 saturated carbocycles. The summed E-state index contributed by atoms with van der Waals surface area (Å²) in [5.74, 6) is 0.274. The van der Waals surface area contributed by atoms with Crippen LogP contribution in [-0.2, 0) is 11.3 Å². The lowest BCUT2D eigenvalue weighted by molar-refractivity contribution is -0.116. The van der Waals surface area contributed by atoms with Crippen LogP contribution in [0.15, 0.2) is 18.2 Å². The summed E-state index contributed by atoms with van der Waals surface area (Å²) in [5.41, 5.74) is 1.88. The molecule has 0 spiro atoms. The minimum absolute atomic E-state index is 0.0775.